The average molecular weight is 480 g/mol. The molecule has 0 saturated carbocycles. The molecule has 1 aliphatic heterocycles. The molecule has 35 heavy (non-hydrogen) atoms. The van der Waals surface area contributed by atoms with E-state index in [1.807, 2.05) is 43.8 Å². The lowest BCUT2D eigenvalue weighted by Crippen LogP contribution is -2.34. The second-order valence-corrected chi connectivity index (χ2v) is 10.5. The molecule has 0 radical (unpaired) electrons. The van der Waals surface area contributed by atoms with Crippen LogP contribution in [0.5, 0.6) is 0 Å². The van der Waals surface area contributed by atoms with Crippen LogP contribution in [0.2, 0.25) is 0 Å². The zero-order valence-electron chi connectivity index (χ0n) is 21.4. The number of hydrogen-bond acceptors (Lipinski definition) is 5. The fourth-order valence-electron chi connectivity index (χ4n) is 4.57. The molecule has 3 atom stereocenters. The third-order valence-corrected chi connectivity index (χ3v) is 6.36. The van der Waals surface area contributed by atoms with Gasteiger partial charge in [0.15, 0.2) is 0 Å². The molecule has 0 bridgehead atoms. The van der Waals surface area contributed by atoms with Gasteiger partial charge in [0, 0.05) is 24.7 Å². The SMILES string of the molecule is CC(O)c1c(-c2ccc(C(C)CNC(=O)OC(C)(C)C)cc2)ccc2nn(C3CCCCO3)cc12. The summed E-state index contributed by atoms with van der Waals surface area (Å²) in [4.78, 5) is 12.0. The van der Waals surface area contributed by atoms with Gasteiger partial charge in [0.25, 0.3) is 0 Å². The Hall–Kier alpha value is -2.90. The molecule has 0 spiro atoms. The summed E-state index contributed by atoms with van der Waals surface area (Å²) in [7, 11) is 0. The third-order valence-electron chi connectivity index (χ3n) is 6.36. The molecule has 1 saturated heterocycles. The minimum absolute atomic E-state index is 0.0449. The van der Waals surface area contributed by atoms with E-state index >= 15 is 0 Å². The minimum Gasteiger partial charge on any atom is -0.444 e. The highest BCUT2D eigenvalue weighted by Crippen LogP contribution is 2.36. The van der Waals surface area contributed by atoms with Crippen molar-refractivity contribution >= 4 is 17.0 Å². The second kappa shape index (κ2) is 10.4. The van der Waals surface area contributed by atoms with Gasteiger partial charge in [-0.1, -0.05) is 37.3 Å². The minimum atomic E-state index is -0.643. The van der Waals surface area contributed by atoms with Gasteiger partial charge in [-0.2, -0.15) is 5.10 Å². The van der Waals surface area contributed by atoms with Crippen LogP contribution >= 0.6 is 0 Å². The van der Waals surface area contributed by atoms with E-state index in [2.05, 4.69) is 36.5 Å². The number of fused-ring (bicyclic) bond motifs is 1. The van der Waals surface area contributed by atoms with Gasteiger partial charge < -0.3 is 19.9 Å². The Balaban J connectivity index is 1.54. The number of aliphatic hydroxyl groups is 1. The number of alkyl carbamates (subject to hydrolysis) is 1. The number of ether oxygens (including phenoxy) is 2. The van der Waals surface area contributed by atoms with Crippen LogP contribution in [0.3, 0.4) is 0 Å². The van der Waals surface area contributed by atoms with E-state index in [0.717, 1.165) is 59.0 Å². The van der Waals surface area contributed by atoms with Crippen LogP contribution in [0.4, 0.5) is 4.79 Å². The summed E-state index contributed by atoms with van der Waals surface area (Å²) in [5, 5.41) is 19.2. The zero-order chi connectivity index (χ0) is 25.2. The fourth-order valence-corrected chi connectivity index (χ4v) is 4.57. The summed E-state index contributed by atoms with van der Waals surface area (Å²) >= 11 is 0. The molecule has 7 heteroatoms. The van der Waals surface area contributed by atoms with Crippen LogP contribution in [-0.2, 0) is 9.47 Å². The van der Waals surface area contributed by atoms with Crippen LogP contribution in [0.25, 0.3) is 22.0 Å². The van der Waals surface area contributed by atoms with Gasteiger partial charge in [-0.25, -0.2) is 9.48 Å². The summed E-state index contributed by atoms with van der Waals surface area (Å²) in [6, 6.07) is 12.3. The Morgan fingerprint density at radius 1 is 1.20 bits per heavy atom. The van der Waals surface area contributed by atoms with E-state index < -0.39 is 17.8 Å². The van der Waals surface area contributed by atoms with Crippen molar-refractivity contribution in [2.45, 2.75) is 77.7 Å². The molecule has 0 aliphatic carbocycles. The quantitative estimate of drug-likeness (QED) is 0.447. The van der Waals surface area contributed by atoms with Gasteiger partial charge >= 0.3 is 6.09 Å². The number of rotatable bonds is 6. The highest BCUT2D eigenvalue weighted by Gasteiger charge is 2.21. The van der Waals surface area contributed by atoms with Crippen molar-refractivity contribution in [3.05, 3.63) is 53.7 Å². The monoisotopic (exact) mass is 479 g/mol. The Morgan fingerprint density at radius 3 is 2.57 bits per heavy atom. The third kappa shape index (κ3) is 6.03. The largest absolute Gasteiger partial charge is 0.444 e. The predicted octanol–water partition coefficient (Wildman–Crippen LogP) is 6.08. The first-order valence-corrected chi connectivity index (χ1v) is 12.5. The van der Waals surface area contributed by atoms with Crippen molar-refractivity contribution in [1.82, 2.24) is 15.1 Å². The molecule has 1 fully saturated rings. The highest BCUT2D eigenvalue weighted by atomic mass is 16.6. The maximum atomic E-state index is 12.0. The highest BCUT2D eigenvalue weighted by molar-refractivity contribution is 5.89. The number of nitrogens with zero attached hydrogens (tertiary/aromatic N) is 2. The summed E-state index contributed by atoms with van der Waals surface area (Å²) in [6.45, 7) is 10.7. The van der Waals surface area contributed by atoms with E-state index in [1.54, 1.807) is 6.92 Å². The van der Waals surface area contributed by atoms with Crippen molar-refractivity contribution in [3.63, 3.8) is 0 Å². The molecule has 3 aromatic rings. The molecule has 2 N–H and O–H groups in total. The standard InChI is InChI=1S/C28H37N3O4/c1-18(16-29-27(33)35-28(3,4)5)20-9-11-21(12-10-20)22-13-14-24-23(26(22)19(2)32)17-31(30-24)25-8-6-7-15-34-25/h9-14,17-19,25,32H,6-8,15-16H2,1-5H3,(H,29,33). The van der Waals surface area contributed by atoms with Gasteiger partial charge in [0.05, 0.1) is 11.6 Å². The molecule has 3 unspecified atom stereocenters. The number of benzene rings is 2. The van der Waals surface area contributed by atoms with Crippen molar-refractivity contribution in [2.24, 2.45) is 0 Å². The van der Waals surface area contributed by atoms with Gasteiger partial charge in [0.2, 0.25) is 0 Å². The zero-order valence-corrected chi connectivity index (χ0v) is 21.4. The average Bonchev–Trinajstić information content (AvgIpc) is 3.26. The Labute approximate surface area is 207 Å². The molecule has 7 nitrogen and oxygen atoms in total. The molecule has 1 aromatic heterocycles. The van der Waals surface area contributed by atoms with E-state index in [9.17, 15) is 9.90 Å². The van der Waals surface area contributed by atoms with Crippen molar-refractivity contribution in [1.29, 1.82) is 0 Å². The van der Waals surface area contributed by atoms with E-state index in [1.165, 1.54) is 0 Å². The van der Waals surface area contributed by atoms with Crippen LogP contribution < -0.4 is 5.32 Å². The number of aromatic nitrogens is 2. The summed E-state index contributed by atoms with van der Waals surface area (Å²) < 4.78 is 13.1. The molecule has 188 valence electrons. The topological polar surface area (TPSA) is 85.6 Å². The lowest BCUT2D eigenvalue weighted by molar-refractivity contribution is -0.0390. The van der Waals surface area contributed by atoms with Crippen LogP contribution in [0.15, 0.2) is 42.6 Å². The summed E-state index contributed by atoms with van der Waals surface area (Å²) in [5.41, 5.74) is 4.35. The van der Waals surface area contributed by atoms with Crippen molar-refractivity contribution in [3.8, 4) is 11.1 Å². The number of nitrogens with one attached hydrogen (secondary N) is 1. The predicted molar refractivity (Wildman–Crippen MR) is 137 cm³/mol. The molecule has 4 rings (SSSR count). The lowest BCUT2D eigenvalue weighted by Gasteiger charge is -2.22. The first-order chi connectivity index (χ1) is 16.6. The molecular formula is C28H37N3O4. The van der Waals surface area contributed by atoms with Crippen LogP contribution in [-0.4, -0.2) is 39.7 Å². The van der Waals surface area contributed by atoms with Crippen molar-refractivity contribution in [2.75, 3.05) is 13.2 Å². The Morgan fingerprint density at radius 2 is 1.94 bits per heavy atom. The van der Waals surface area contributed by atoms with Gasteiger partial charge in [-0.3, -0.25) is 0 Å². The Bertz CT molecular complexity index is 1160. The van der Waals surface area contributed by atoms with Gasteiger partial charge in [0.1, 0.15) is 11.8 Å². The summed E-state index contributed by atoms with van der Waals surface area (Å²) in [6.07, 6.45) is 4.09. The lowest BCUT2D eigenvalue weighted by atomic mass is 9.92. The maximum Gasteiger partial charge on any atom is 0.407 e. The smallest absolute Gasteiger partial charge is 0.407 e. The van der Waals surface area contributed by atoms with E-state index in [4.69, 9.17) is 14.6 Å². The van der Waals surface area contributed by atoms with Gasteiger partial charge in [-0.05, 0) is 81.2 Å². The molecule has 1 aliphatic rings. The van der Waals surface area contributed by atoms with E-state index in [0.29, 0.717) is 6.54 Å². The number of carbonyl (C=O) groups excluding carboxylic acids is 1. The molecule has 1 amide bonds. The maximum absolute atomic E-state index is 12.0. The molecule has 2 aromatic carbocycles. The molecular weight excluding hydrogens is 442 g/mol. The first kappa shape index (κ1) is 25.2. The van der Waals surface area contributed by atoms with Gasteiger partial charge in [-0.15, -0.1) is 0 Å². The van der Waals surface area contributed by atoms with Crippen LogP contribution in [0, 0.1) is 0 Å². The number of carbonyl (C=O) groups is 1. The molecule has 2 heterocycles. The Kier molecular flexibility index (Phi) is 7.47. The van der Waals surface area contributed by atoms with E-state index in [-0.39, 0.29) is 12.1 Å². The normalized spacial score (nSPS) is 18.3. The van der Waals surface area contributed by atoms with Crippen LogP contribution in [0.1, 0.15) is 83.3 Å². The first-order valence-electron chi connectivity index (χ1n) is 12.5. The fraction of sp³-hybridized carbons (Fsp3) is 0.500. The second-order valence-electron chi connectivity index (χ2n) is 10.5. The van der Waals surface area contributed by atoms with Crippen molar-refractivity contribution < 1.29 is 19.4 Å². The number of amides is 1. The number of hydrogen-bond donors (Lipinski definition) is 2. The summed E-state index contributed by atoms with van der Waals surface area (Å²) in [5.74, 6) is 0.129. The number of aliphatic hydroxyl groups excluding tert-OH is 1.